The zero-order chi connectivity index (χ0) is 22.5. The minimum absolute atomic E-state index is 0.0307. The number of nitrogens with zero attached hydrogens (tertiary/aromatic N) is 3. The van der Waals surface area contributed by atoms with Gasteiger partial charge in [-0.2, -0.15) is 5.26 Å². The first kappa shape index (κ1) is 21.7. The number of hydrogen-bond donors (Lipinski definition) is 0. The summed E-state index contributed by atoms with van der Waals surface area (Å²) in [6, 6.07) is 21.8. The van der Waals surface area contributed by atoms with Gasteiger partial charge in [0.1, 0.15) is 5.82 Å². The second-order valence-corrected chi connectivity index (χ2v) is 8.55. The van der Waals surface area contributed by atoms with Gasteiger partial charge in [0, 0.05) is 24.0 Å². The molecule has 4 aromatic rings. The summed E-state index contributed by atoms with van der Waals surface area (Å²) in [6.45, 7) is 2.66. The van der Waals surface area contributed by atoms with Crippen LogP contribution in [0.3, 0.4) is 0 Å². The van der Waals surface area contributed by atoms with Crippen LogP contribution in [0.25, 0.3) is 11.1 Å². The van der Waals surface area contributed by atoms with Crippen molar-refractivity contribution in [3.63, 3.8) is 0 Å². The monoisotopic (exact) mass is 441 g/mol. The van der Waals surface area contributed by atoms with E-state index in [0.717, 1.165) is 21.6 Å². The number of nitriles is 1. The van der Waals surface area contributed by atoms with Gasteiger partial charge in [-0.3, -0.25) is 9.36 Å². The van der Waals surface area contributed by atoms with E-state index in [1.54, 1.807) is 23.0 Å². The summed E-state index contributed by atoms with van der Waals surface area (Å²) in [5.41, 5.74) is 4.82. The van der Waals surface area contributed by atoms with Gasteiger partial charge >= 0.3 is 0 Å². The average molecular weight is 442 g/mol. The van der Waals surface area contributed by atoms with Crippen molar-refractivity contribution < 1.29 is 4.74 Å². The number of thiophene rings is 1. The molecule has 0 unspecified atom stereocenters. The lowest BCUT2D eigenvalue weighted by Crippen LogP contribution is -2.29. The van der Waals surface area contributed by atoms with Gasteiger partial charge < -0.3 is 4.74 Å². The molecule has 0 fully saturated rings. The molecule has 4 rings (SSSR count). The van der Waals surface area contributed by atoms with Gasteiger partial charge in [0.05, 0.1) is 30.5 Å². The Balaban J connectivity index is 1.68. The highest BCUT2D eigenvalue weighted by atomic mass is 32.1. The van der Waals surface area contributed by atoms with Crippen molar-refractivity contribution in [2.75, 3.05) is 7.11 Å². The Labute approximate surface area is 191 Å². The minimum atomic E-state index is -0.0307. The summed E-state index contributed by atoms with van der Waals surface area (Å²) in [5, 5.41) is 11.4. The molecule has 0 saturated heterocycles. The molecule has 6 heteroatoms. The zero-order valence-corrected chi connectivity index (χ0v) is 18.9. The lowest BCUT2D eigenvalue weighted by atomic mass is 9.97. The molecule has 0 bridgehead atoms. The highest BCUT2D eigenvalue weighted by Gasteiger charge is 2.16. The molecular weight excluding hydrogens is 418 g/mol. The summed E-state index contributed by atoms with van der Waals surface area (Å²) in [5.74, 6) is 0.683. The molecule has 2 heterocycles. The third kappa shape index (κ3) is 4.54. The number of rotatable bonds is 7. The normalized spacial score (nSPS) is 10.8. The second-order valence-electron chi connectivity index (χ2n) is 7.52. The first-order chi connectivity index (χ1) is 15.6. The van der Waals surface area contributed by atoms with E-state index in [4.69, 9.17) is 9.72 Å². The van der Waals surface area contributed by atoms with E-state index >= 15 is 0 Å². The van der Waals surface area contributed by atoms with Crippen molar-refractivity contribution in [2.24, 2.45) is 0 Å². The number of ether oxygens (including phenoxy) is 1. The SMILES string of the molecule is COCc1nc(C)n(Cc2cccs2)c(=O)c1Cc1ccc(-c2ccccc2C#N)cc1. The average Bonchev–Trinajstić information content (AvgIpc) is 3.33. The van der Waals surface area contributed by atoms with Crippen LogP contribution >= 0.6 is 11.3 Å². The van der Waals surface area contributed by atoms with E-state index in [2.05, 4.69) is 6.07 Å². The number of benzene rings is 2. The van der Waals surface area contributed by atoms with Gasteiger partial charge in [-0.15, -0.1) is 11.3 Å². The zero-order valence-electron chi connectivity index (χ0n) is 18.0. The maximum atomic E-state index is 13.4. The fourth-order valence-corrected chi connectivity index (χ4v) is 4.47. The molecule has 0 aliphatic heterocycles. The van der Waals surface area contributed by atoms with Crippen molar-refractivity contribution in [3.8, 4) is 17.2 Å². The third-order valence-electron chi connectivity index (χ3n) is 5.41. The second kappa shape index (κ2) is 9.73. The number of hydrogen-bond acceptors (Lipinski definition) is 5. The number of aryl methyl sites for hydroxylation is 1. The van der Waals surface area contributed by atoms with Gasteiger partial charge in [0.2, 0.25) is 0 Å². The molecule has 0 saturated carbocycles. The van der Waals surface area contributed by atoms with Crippen LogP contribution in [-0.2, 0) is 24.3 Å². The molecule has 0 aliphatic rings. The van der Waals surface area contributed by atoms with Gasteiger partial charge in [0.15, 0.2) is 0 Å². The Bertz CT molecular complexity index is 1320. The van der Waals surface area contributed by atoms with E-state index in [-0.39, 0.29) is 5.56 Å². The van der Waals surface area contributed by atoms with Crippen LogP contribution in [0.1, 0.15) is 33.1 Å². The number of methoxy groups -OCH3 is 1. The summed E-state index contributed by atoms with van der Waals surface area (Å²) in [7, 11) is 1.61. The van der Waals surface area contributed by atoms with Crippen molar-refractivity contribution in [1.29, 1.82) is 5.26 Å². The predicted molar refractivity (Wildman–Crippen MR) is 127 cm³/mol. The van der Waals surface area contributed by atoms with Crippen LogP contribution in [0.2, 0.25) is 0 Å². The lowest BCUT2D eigenvalue weighted by molar-refractivity contribution is 0.180. The van der Waals surface area contributed by atoms with Gasteiger partial charge in [0.25, 0.3) is 5.56 Å². The molecule has 0 atom stereocenters. The van der Waals surface area contributed by atoms with Crippen molar-refractivity contribution in [2.45, 2.75) is 26.5 Å². The molecule has 0 N–H and O–H groups in total. The van der Waals surface area contributed by atoms with Crippen molar-refractivity contribution >= 4 is 11.3 Å². The molecule has 2 aromatic carbocycles. The van der Waals surface area contributed by atoms with E-state index < -0.39 is 0 Å². The maximum absolute atomic E-state index is 13.4. The molecule has 5 nitrogen and oxygen atoms in total. The Hall–Kier alpha value is -3.53. The van der Waals surface area contributed by atoms with Crippen molar-refractivity contribution in [1.82, 2.24) is 9.55 Å². The molecule has 0 radical (unpaired) electrons. The summed E-state index contributed by atoms with van der Waals surface area (Å²) >= 11 is 1.63. The predicted octanol–water partition coefficient (Wildman–Crippen LogP) is 4.94. The standard InChI is InChI=1S/C26H23N3O2S/c1-18-28-25(17-31-2)24(26(30)29(18)16-22-7-5-13-32-22)14-19-9-11-20(12-10-19)23-8-4-3-6-21(23)15-27/h3-13H,14,16-17H2,1-2H3. The molecule has 2 aromatic heterocycles. The molecule has 160 valence electrons. The fourth-order valence-electron chi connectivity index (χ4n) is 3.77. The fraction of sp³-hybridized carbons (Fsp3) is 0.192. The van der Waals surface area contributed by atoms with E-state index in [1.165, 1.54) is 0 Å². The van der Waals surface area contributed by atoms with E-state index in [0.29, 0.717) is 42.2 Å². The maximum Gasteiger partial charge on any atom is 0.257 e. The Kier molecular flexibility index (Phi) is 6.60. The molecule has 0 aliphatic carbocycles. The number of aromatic nitrogens is 2. The van der Waals surface area contributed by atoms with Crippen LogP contribution in [0.4, 0.5) is 0 Å². The third-order valence-corrected chi connectivity index (χ3v) is 6.27. The smallest absolute Gasteiger partial charge is 0.257 e. The van der Waals surface area contributed by atoms with Gasteiger partial charge in [-0.25, -0.2) is 4.98 Å². The van der Waals surface area contributed by atoms with E-state index in [1.807, 2.05) is 73.0 Å². The first-order valence-corrected chi connectivity index (χ1v) is 11.2. The van der Waals surface area contributed by atoms with Crippen LogP contribution in [-0.4, -0.2) is 16.7 Å². The van der Waals surface area contributed by atoms with Gasteiger partial charge in [-0.1, -0.05) is 48.5 Å². The molecule has 32 heavy (non-hydrogen) atoms. The first-order valence-electron chi connectivity index (χ1n) is 10.3. The highest BCUT2D eigenvalue weighted by Crippen LogP contribution is 2.24. The van der Waals surface area contributed by atoms with Crippen LogP contribution in [0.15, 0.2) is 70.8 Å². The van der Waals surface area contributed by atoms with Crippen LogP contribution in [0.5, 0.6) is 0 Å². The molecule has 0 amide bonds. The summed E-state index contributed by atoms with van der Waals surface area (Å²) < 4.78 is 7.06. The Morgan fingerprint density at radius 1 is 1.09 bits per heavy atom. The Morgan fingerprint density at radius 3 is 2.56 bits per heavy atom. The Morgan fingerprint density at radius 2 is 1.88 bits per heavy atom. The van der Waals surface area contributed by atoms with Crippen LogP contribution < -0.4 is 5.56 Å². The summed E-state index contributed by atoms with van der Waals surface area (Å²) in [6.07, 6.45) is 0.468. The topological polar surface area (TPSA) is 67.9 Å². The van der Waals surface area contributed by atoms with E-state index in [9.17, 15) is 10.1 Å². The summed E-state index contributed by atoms with van der Waals surface area (Å²) in [4.78, 5) is 19.2. The molecular formula is C26H23N3O2S. The lowest BCUT2D eigenvalue weighted by Gasteiger charge is -2.15. The van der Waals surface area contributed by atoms with Gasteiger partial charge in [-0.05, 0) is 41.1 Å². The highest BCUT2D eigenvalue weighted by molar-refractivity contribution is 7.09. The largest absolute Gasteiger partial charge is 0.378 e. The molecule has 0 spiro atoms. The van der Waals surface area contributed by atoms with Crippen molar-refractivity contribution in [3.05, 3.63) is 109 Å². The van der Waals surface area contributed by atoms with Crippen LogP contribution in [0, 0.1) is 18.3 Å². The minimum Gasteiger partial charge on any atom is -0.378 e. The quantitative estimate of drug-likeness (QED) is 0.407.